The summed E-state index contributed by atoms with van der Waals surface area (Å²) < 4.78 is 10.3. The van der Waals surface area contributed by atoms with Crippen molar-refractivity contribution in [3.8, 4) is 11.5 Å². The van der Waals surface area contributed by atoms with Gasteiger partial charge in [-0.25, -0.2) is 4.79 Å². The predicted octanol–water partition coefficient (Wildman–Crippen LogP) is 1.44. The molecule has 0 fully saturated rings. The van der Waals surface area contributed by atoms with Gasteiger partial charge in [-0.15, -0.1) is 0 Å². The van der Waals surface area contributed by atoms with E-state index < -0.39 is 17.9 Å². The van der Waals surface area contributed by atoms with Crippen molar-refractivity contribution in [2.75, 3.05) is 13.7 Å². The fourth-order valence-corrected chi connectivity index (χ4v) is 1.62. The van der Waals surface area contributed by atoms with Crippen molar-refractivity contribution in [3.05, 3.63) is 24.3 Å². The number of ether oxygens (including phenoxy) is 2. The van der Waals surface area contributed by atoms with Gasteiger partial charge in [0.2, 0.25) is 0 Å². The van der Waals surface area contributed by atoms with Crippen LogP contribution in [-0.4, -0.2) is 36.7 Å². The first-order valence-corrected chi connectivity index (χ1v) is 6.35. The number of benzene rings is 1. The van der Waals surface area contributed by atoms with Gasteiger partial charge >= 0.3 is 5.97 Å². The minimum absolute atomic E-state index is 0.235. The summed E-state index contributed by atoms with van der Waals surface area (Å²) in [4.78, 5) is 22.5. The van der Waals surface area contributed by atoms with Crippen LogP contribution in [0.15, 0.2) is 24.3 Å². The molecule has 0 saturated heterocycles. The highest BCUT2D eigenvalue weighted by atomic mass is 16.5. The summed E-state index contributed by atoms with van der Waals surface area (Å²) in [6.45, 7) is 1.62. The molecule has 1 amide bonds. The number of carboxylic acids is 1. The second kappa shape index (κ2) is 8.04. The Morgan fingerprint density at radius 3 is 2.65 bits per heavy atom. The number of amides is 1. The third kappa shape index (κ3) is 5.17. The fourth-order valence-electron chi connectivity index (χ4n) is 1.62. The van der Waals surface area contributed by atoms with Crippen LogP contribution in [-0.2, 0) is 9.59 Å². The molecule has 110 valence electrons. The lowest BCUT2D eigenvalue weighted by molar-refractivity contribution is -0.142. The Kier molecular flexibility index (Phi) is 6.36. The Morgan fingerprint density at radius 1 is 1.35 bits per heavy atom. The summed E-state index contributed by atoms with van der Waals surface area (Å²) in [7, 11) is 1.54. The van der Waals surface area contributed by atoms with Crippen molar-refractivity contribution in [3.63, 3.8) is 0 Å². The van der Waals surface area contributed by atoms with Gasteiger partial charge in [0.05, 0.1) is 7.11 Å². The zero-order chi connectivity index (χ0) is 15.0. The van der Waals surface area contributed by atoms with Gasteiger partial charge in [0, 0.05) is 6.07 Å². The maximum atomic E-state index is 11.6. The first kappa shape index (κ1) is 15.8. The first-order valence-electron chi connectivity index (χ1n) is 6.35. The fraction of sp³-hybridized carbons (Fsp3) is 0.429. The van der Waals surface area contributed by atoms with Crippen LogP contribution in [0.2, 0.25) is 0 Å². The molecule has 1 rings (SSSR count). The Morgan fingerprint density at radius 2 is 2.05 bits per heavy atom. The molecule has 6 nitrogen and oxygen atoms in total. The van der Waals surface area contributed by atoms with Crippen LogP contribution in [0.25, 0.3) is 0 Å². The molecule has 0 spiro atoms. The maximum Gasteiger partial charge on any atom is 0.326 e. The highest BCUT2D eigenvalue weighted by Crippen LogP contribution is 2.18. The third-order valence-electron chi connectivity index (χ3n) is 2.62. The van der Waals surface area contributed by atoms with Gasteiger partial charge in [-0.3, -0.25) is 4.79 Å². The Bertz CT molecular complexity index is 461. The van der Waals surface area contributed by atoms with E-state index in [0.29, 0.717) is 24.3 Å². The molecule has 0 aromatic heterocycles. The molecule has 2 N–H and O–H groups in total. The van der Waals surface area contributed by atoms with Crippen molar-refractivity contribution in [1.29, 1.82) is 0 Å². The van der Waals surface area contributed by atoms with Crippen molar-refractivity contribution in [2.24, 2.45) is 0 Å². The topological polar surface area (TPSA) is 84.9 Å². The van der Waals surface area contributed by atoms with Gasteiger partial charge < -0.3 is 19.9 Å². The molecule has 0 aliphatic carbocycles. The van der Waals surface area contributed by atoms with Crippen LogP contribution in [0.4, 0.5) is 0 Å². The lowest BCUT2D eigenvalue weighted by atomic mass is 10.2. The summed E-state index contributed by atoms with van der Waals surface area (Å²) in [5, 5.41) is 11.4. The van der Waals surface area contributed by atoms with Crippen LogP contribution >= 0.6 is 0 Å². The molecule has 0 saturated carbocycles. The number of hydrogen-bond acceptors (Lipinski definition) is 4. The lowest BCUT2D eigenvalue weighted by Crippen LogP contribution is -2.42. The number of hydrogen-bond donors (Lipinski definition) is 2. The van der Waals surface area contributed by atoms with E-state index in [1.807, 2.05) is 6.92 Å². The molecule has 1 unspecified atom stereocenters. The zero-order valence-corrected chi connectivity index (χ0v) is 11.6. The SMILES string of the molecule is CCCC(NC(=O)COc1cccc(OC)c1)C(=O)O. The van der Waals surface area contributed by atoms with Gasteiger partial charge in [0.25, 0.3) is 5.91 Å². The van der Waals surface area contributed by atoms with E-state index in [2.05, 4.69) is 5.32 Å². The van der Waals surface area contributed by atoms with E-state index in [9.17, 15) is 9.59 Å². The smallest absolute Gasteiger partial charge is 0.326 e. The summed E-state index contributed by atoms with van der Waals surface area (Å²) in [5.74, 6) is -0.394. The largest absolute Gasteiger partial charge is 0.497 e. The molecule has 1 atom stereocenters. The quantitative estimate of drug-likeness (QED) is 0.753. The number of carbonyl (C=O) groups excluding carboxylic acids is 1. The number of methoxy groups -OCH3 is 1. The van der Waals surface area contributed by atoms with Gasteiger partial charge in [-0.05, 0) is 18.6 Å². The molecular formula is C14H19NO5. The Balaban J connectivity index is 2.47. The van der Waals surface area contributed by atoms with Crippen LogP contribution in [0.1, 0.15) is 19.8 Å². The molecule has 20 heavy (non-hydrogen) atoms. The summed E-state index contributed by atoms with van der Waals surface area (Å²) in [6.07, 6.45) is 1.06. The molecule has 0 aliphatic heterocycles. The third-order valence-corrected chi connectivity index (χ3v) is 2.62. The van der Waals surface area contributed by atoms with Gasteiger partial charge in [0.15, 0.2) is 6.61 Å². The number of aliphatic carboxylic acids is 1. The molecule has 0 heterocycles. The second-order valence-electron chi connectivity index (χ2n) is 4.21. The van der Waals surface area contributed by atoms with E-state index in [4.69, 9.17) is 14.6 Å². The van der Waals surface area contributed by atoms with Crippen LogP contribution in [0.5, 0.6) is 11.5 Å². The zero-order valence-electron chi connectivity index (χ0n) is 11.6. The van der Waals surface area contributed by atoms with Gasteiger partial charge in [-0.1, -0.05) is 19.4 Å². The van der Waals surface area contributed by atoms with E-state index in [-0.39, 0.29) is 6.61 Å². The normalized spacial score (nSPS) is 11.5. The molecular weight excluding hydrogens is 262 g/mol. The lowest BCUT2D eigenvalue weighted by Gasteiger charge is -2.14. The van der Waals surface area contributed by atoms with Crippen molar-refractivity contribution < 1.29 is 24.2 Å². The number of nitrogens with one attached hydrogen (secondary N) is 1. The van der Waals surface area contributed by atoms with Crippen LogP contribution < -0.4 is 14.8 Å². The Hall–Kier alpha value is -2.24. The van der Waals surface area contributed by atoms with E-state index >= 15 is 0 Å². The molecule has 0 aliphatic rings. The standard InChI is InChI=1S/C14H19NO5/c1-3-5-12(14(17)18)15-13(16)9-20-11-7-4-6-10(8-11)19-2/h4,6-8,12H,3,5,9H2,1-2H3,(H,15,16)(H,17,18). The van der Waals surface area contributed by atoms with Crippen LogP contribution in [0.3, 0.4) is 0 Å². The number of carbonyl (C=O) groups is 2. The molecule has 1 aromatic rings. The maximum absolute atomic E-state index is 11.6. The van der Waals surface area contributed by atoms with E-state index in [1.165, 1.54) is 7.11 Å². The highest BCUT2D eigenvalue weighted by Gasteiger charge is 2.18. The molecule has 0 radical (unpaired) electrons. The minimum Gasteiger partial charge on any atom is -0.497 e. The van der Waals surface area contributed by atoms with Gasteiger partial charge in [-0.2, -0.15) is 0 Å². The molecule has 6 heteroatoms. The van der Waals surface area contributed by atoms with Crippen molar-refractivity contribution in [2.45, 2.75) is 25.8 Å². The van der Waals surface area contributed by atoms with Crippen LogP contribution in [0, 0.1) is 0 Å². The van der Waals surface area contributed by atoms with Crippen molar-refractivity contribution in [1.82, 2.24) is 5.32 Å². The molecule has 1 aromatic carbocycles. The van der Waals surface area contributed by atoms with Gasteiger partial charge in [0.1, 0.15) is 17.5 Å². The summed E-state index contributed by atoms with van der Waals surface area (Å²) in [6, 6.07) is 5.96. The van der Waals surface area contributed by atoms with E-state index in [0.717, 1.165) is 0 Å². The van der Waals surface area contributed by atoms with E-state index in [1.54, 1.807) is 24.3 Å². The summed E-state index contributed by atoms with van der Waals surface area (Å²) in [5.41, 5.74) is 0. The minimum atomic E-state index is -1.04. The molecule has 0 bridgehead atoms. The Labute approximate surface area is 117 Å². The number of carboxylic acid groups (broad SMARTS) is 1. The van der Waals surface area contributed by atoms with Crippen molar-refractivity contribution >= 4 is 11.9 Å². The predicted molar refractivity (Wildman–Crippen MR) is 73.0 cm³/mol. The average molecular weight is 281 g/mol. The highest BCUT2D eigenvalue weighted by molar-refractivity contribution is 5.84. The monoisotopic (exact) mass is 281 g/mol. The average Bonchev–Trinajstić information content (AvgIpc) is 2.44. The first-order chi connectivity index (χ1) is 9.56. The second-order valence-corrected chi connectivity index (χ2v) is 4.21. The summed E-state index contributed by atoms with van der Waals surface area (Å²) >= 11 is 0. The number of rotatable bonds is 8.